The van der Waals surface area contributed by atoms with Crippen molar-refractivity contribution in [3.8, 4) is 0 Å². The molecule has 2 atom stereocenters. The van der Waals surface area contributed by atoms with Gasteiger partial charge in [-0.2, -0.15) is 0 Å². The average molecular weight is 256 g/mol. The van der Waals surface area contributed by atoms with E-state index in [1.807, 2.05) is 25.7 Å². The van der Waals surface area contributed by atoms with Crippen molar-refractivity contribution in [2.24, 2.45) is 0 Å². The topological polar surface area (TPSA) is 58.2 Å². The summed E-state index contributed by atoms with van der Waals surface area (Å²) < 4.78 is 5.48. The average Bonchev–Trinajstić information content (AvgIpc) is 2.56. The van der Waals surface area contributed by atoms with Gasteiger partial charge < -0.3 is 15.4 Å². The second kappa shape index (κ2) is 4.70. The van der Waals surface area contributed by atoms with E-state index in [2.05, 4.69) is 17.6 Å². The maximum absolute atomic E-state index is 12.2. The van der Waals surface area contributed by atoms with Crippen LogP contribution in [-0.4, -0.2) is 54.4 Å². The maximum atomic E-state index is 12.2. The minimum Gasteiger partial charge on any atom is -0.444 e. The molecule has 104 valence electrons. The Morgan fingerprint density at radius 3 is 2.78 bits per heavy atom. The summed E-state index contributed by atoms with van der Waals surface area (Å²) in [6.45, 7) is 11.8. The van der Waals surface area contributed by atoms with Crippen molar-refractivity contribution < 1.29 is 14.8 Å². The van der Waals surface area contributed by atoms with Crippen LogP contribution in [-0.2, 0) is 4.74 Å². The summed E-state index contributed by atoms with van der Waals surface area (Å²) in [6.07, 6.45) is 0.867. The van der Waals surface area contributed by atoms with Gasteiger partial charge in [-0.25, -0.2) is 4.79 Å². The molecule has 3 N–H and O–H groups in total. The number of hydrogen-bond acceptors (Lipinski definition) is 3. The molecule has 1 spiro atoms. The van der Waals surface area contributed by atoms with Gasteiger partial charge in [-0.3, -0.25) is 4.90 Å². The van der Waals surface area contributed by atoms with Gasteiger partial charge in [-0.15, -0.1) is 0 Å². The molecule has 0 aromatic carbocycles. The van der Waals surface area contributed by atoms with Crippen LogP contribution in [0.4, 0.5) is 4.79 Å². The zero-order valence-electron chi connectivity index (χ0n) is 12.0. The van der Waals surface area contributed by atoms with Crippen LogP contribution in [0.25, 0.3) is 0 Å². The summed E-state index contributed by atoms with van der Waals surface area (Å²) in [5.41, 5.74) is -0.268. The number of rotatable bonds is 0. The van der Waals surface area contributed by atoms with Crippen LogP contribution in [0.15, 0.2) is 0 Å². The number of amides is 1. The van der Waals surface area contributed by atoms with Crippen molar-refractivity contribution in [1.82, 2.24) is 10.2 Å². The third kappa shape index (κ3) is 2.62. The molecule has 1 amide bonds. The number of nitrogens with two attached hydrogens (primary N) is 1. The van der Waals surface area contributed by atoms with E-state index in [0.717, 1.165) is 32.6 Å². The molecule has 2 saturated heterocycles. The Morgan fingerprint density at radius 2 is 2.22 bits per heavy atom. The Kier molecular flexibility index (Phi) is 3.56. The molecular weight excluding hydrogens is 230 g/mol. The van der Waals surface area contributed by atoms with Gasteiger partial charge in [-0.05, 0) is 27.7 Å². The standard InChI is InChI=1S/C13H25N3O2/c1-10-13(9-14-6-7-15-13)5-8-16(10)11(17)18-12(2,3)4/h10,14-15H,5-9H2,1-4H3/p+1/t10-,13-/m1/s1. The van der Waals surface area contributed by atoms with Crippen molar-refractivity contribution in [3.63, 3.8) is 0 Å². The molecule has 2 fully saturated rings. The first-order valence-corrected chi connectivity index (χ1v) is 6.89. The SMILES string of the molecule is C[C@H]1N(C(=O)OC(C)(C)C)CC[C@@]12CNCC[NH2+]2. The molecule has 5 heteroatoms. The number of hydrogen-bond donors (Lipinski definition) is 2. The molecule has 2 aliphatic heterocycles. The summed E-state index contributed by atoms with van der Waals surface area (Å²) in [6, 6.07) is 0.222. The van der Waals surface area contributed by atoms with Crippen molar-refractivity contribution in [3.05, 3.63) is 0 Å². The Hall–Kier alpha value is -0.810. The monoisotopic (exact) mass is 256 g/mol. The lowest BCUT2D eigenvalue weighted by Crippen LogP contribution is -3.03. The first-order valence-electron chi connectivity index (χ1n) is 6.89. The Morgan fingerprint density at radius 1 is 1.50 bits per heavy atom. The lowest BCUT2D eigenvalue weighted by atomic mass is 9.89. The molecule has 0 aromatic rings. The largest absolute Gasteiger partial charge is 0.444 e. The zero-order chi connectivity index (χ0) is 13.4. The minimum atomic E-state index is -0.416. The molecule has 18 heavy (non-hydrogen) atoms. The highest BCUT2D eigenvalue weighted by Crippen LogP contribution is 2.27. The van der Waals surface area contributed by atoms with Crippen molar-refractivity contribution in [1.29, 1.82) is 0 Å². The molecule has 0 aromatic heterocycles. The van der Waals surface area contributed by atoms with Gasteiger partial charge in [0.1, 0.15) is 11.1 Å². The molecule has 0 bridgehead atoms. The number of quaternary nitrogens is 1. The second-order valence-corrected chi connectivity index (χ2v) is 6.50. The summed E-state index contributed by atoms with van der Waals surface area (Å²) in [7, 11) is 0. The van der Waals surface area contributed by atoms with Crippen LogP contribution in [0.5, 0.6) is 0 Å². The highest BCUT2D eigenvalue weighted by Gasteiger charge is 2.51. The third-order valence-electron chi connectivity index (χ3n) is 4.07. The van der Waals surface area contributed by atoms with E-state index in [4.69, 9.17) is 4.74 Å². The fourth-order valence-corrected chi connectivity index (χ4v) is 2.98. The number of ether oxygens (including phenoxy) is 1. The highest BCUT2D eigenvalue weighted by molar-refractivity contribution is 5.69. The van der Waals surface area contributed by atoms with E-state index in [0.29, 0.717) is 0 Å². The first-order chi connectivity index (χ1) is 8.34. The van der Waals surface area contributed by atoms with Gasteiger partial charge in [-0.1, -0.05) is 0 Å². The van der Waals surface area contributed by atoms with Gasteiger partial charge in [0.05, 0.1) is 19.1 Å². The number of piperazine rings is 1. The van der Waals surface area contributed by atoms with Crippen LogP contribution in [0.2, 0.25) is 0 Å². The summed E-state index contributed by atoms with van der Waals surface area (Å²) in [5, 5.41) is 5.85. The predicted molar refractivity (Wildman–Crippen MR) is 69.4 cm³/mol. The fourth-order valence-electron chi connectivity index (χ4n) is 2.98. The van der Waals surface area contributed by atoms with Gasteiger partial charge >= 0.3 is 6.09 Å². The van der Waals surface area contributed by atoms with Crippen molar-refractivity contribution in [2.75, 3.05) is 26.2 Å². The number of likely N-dealkylation sites (tertiary alicyclic amines) is 1. The van der Waals surface area contributed by atoms with E-state index >= 15 is 0 Å². The van der Waals surface area contributed by atoms with Gasteiger partial charge in [0.2, 0.25) is 0 Å². The highest BCUT2D eigenvalue weighted by atomic mass is 16.6. The number of nitrogens with zero attached hydrogens (tertiary/aromatic N) is 1. The maximum Gasteiger partial charge on any atom is 0.410 e. The lowest BCUT2D eigenvalue weighted by molar-refractivity contribution is -0.732. The van der Waals surface area contributed by atoms with Gasteiger partial charge in [0.25, 0.3) is 0 Å². The molecule has 0 unspecified atom stereocenters. The minimum absolute atomic E-state index is 0.148. The summed E-state index contributed by atoms with van der Waals surface area (Å²) >= 11 is 0. The zero-order valence-corrected chi connectivity index (χ0v) is 12.0. The number of carbonyl (C=O) groups excluding carboxylic acids is 1. The van der Waals surface area contributed by atoms with Crippen LogP contribution in [0.1, 0.15) is 34.1 Å². The molecule has 2 heterocycles. The van der Waals surface area contributed by atoms with Crippen LogP contribution in [0, 0.1) is 0 Å². The van der Waals surface area contributed by atoms with E-state index in [1.165, 1.54) is 0 Å². The van der Waals surface area contributed by atoms with Crippen LogP contribution in [0.3, 0.4) is 0 Å². The molecular formula is C13H26N3O2+. The molecule has 2 rings (SSSR count). The predicted octanol–water partition coefficient (Wildman–Crippen LogP) is -0.0789. The third-order valence-corrected chi connectivity index (χ3v) is 4.07. The quantitative estimate of drug-likeness (QED) is 0.637. The summed E-state index contributed by atoms with van der Waals surface area (Å²) in [5.74, 6) is 0. The Labute approximate surface area is 109 Å². The van der Waals surface area contributed by atoms with E-state index in [1.54, 1.807) is 0 Å². The number of nitrogens with one attached hydrogen (secondary N) is 1. The van der Waals surface area contributed by atoms with E-state index in [-0.39, 0.29) is 17.7 Å². The Bertz CT molecular complexity index is 319. The Balaban J connectivity index is 2.02. The molecule has 0 radical (unpaired) electrons. The molecule has 2 aliphatic rings. The summed E-state index contributed by atoms with van der Waals surface area (Å²) in [4.78, 5) is 14.1. The van der Waals surface area contributed by atoms with Gasteiger partial charge in [0, 0.05) is 19.5 Å². The van der Waals surface area contributed by atoms with Crippen molar-refractivity contribution in [2.45, 2.75) is 51.3 Å². The molecule has 5 nitrogen and oxygen atoms in total. The smallest absolute Gasteiger partial charge is 0.410 e. The van der Waals surface area contributed by atoms with E-state index < -0.39 is 5.60 Å². The van der Waals surface area contributed by atoms with E-state index in [9.17, 15) is 4.79 Å². The fraction of sp³-hybridized carbons (Fsp3) is 0.923. The van der Waals surface area contributed by atoms with Crippen LogP contribution >= 0.6 is 0 Å². The van der Waals surface area contributed by atoms with Crippen LogP contribution < -0.4 is 10.6 Å². The number of carbonyl (C=O) groups is 1. The normalized spacial score (nSPS) is 32.9. The first kappa shape index (κ1) is 13.6. The second-order valence-electron chi connectivity index (χ2n) is 6.50. The van der Waals surface area contributed by atoms with Gasteiger partial charge in [0.15, 0.2) is 0 Å². The molecule has 0 saturated carbocycles. The lowest BCUT2D eigenvalue weighted by Gasteiger charge is -2.37. The molecule has 0 aliphatic carbocycles. The van der Waals surface area contributed by atoms with Crippen molar-refractivity contribution >= 4 is 6.09 Å².